The summed E-state index contributed by atoms with van der Waals surface area (Å²) in [5.74, 6) is -0.213. The molecule has 0 spiro atoms. The van der Waals surface area contributed by atoms with E-state index in [1.54, 1.807) is 12.1 Å². The Morgan fingerprint density at radius 1 is 1.19 bits per heavy atom. The van der Waals surface area contributed by atoms with Crippen molar-refractivity contribution in [2.75, 3.05) is 13.6 Å². The van der Waals surface area contributed by atoms with Crippen LogP contribution in [0.25, 0.3) is 11.3 Å². The summed E-state index contributed by atoms with van der Waals surface area (Å²) in [5, 5.41) is 7.60. The first-order valence-electron chi connectivity index (χ1n) is 6.14. The standard InChI is InChI=1S/C14H18FN3.2ClH.H2O/c1-16-9-3-4-13-10-14(18(2)17-13)11-5-7-12(15)8-6-11;;;/h5-8,10,16H,3-4,9H2,1-2H3;2*1H;1H2. The van der Waals surface area contributed by atoms with Crippen LogP contribution in [0.3, 0.4) is 0 Å². The van der Waals surface area contributed by atoms with Gasteiger partial charge in [0.2, 0.25) is 0 Å². The van der Waals surface area contributed by atoms with Gasteiger partial charge in [0.1, 0.15) is 5.82 Å². The number of hydrogen-bond donors (Lipinski definition) is 1. The molecule has 2 rings (SSSR count). The van der Waals surface area contributed by atoms with Gasteiger partial charge in [0.25, 0.3) is 0 Å². The highest BCUT2D eigenvalue weighted by molar-refractivity contribution is 5.85. The summed E-state index contributed by atoms with van der Waals surface area (Å²) in [5.41, 5.74) is 3.09. The minimum atomic E-state index is -0.213. The number of rotatable bonds is 5. The van der Waals surface area contributed by atoms with Gasteiger partial charge in [-0.2, -0.15) is 5.10 Å². The molecule has 3 N–H and O–H groups in total. The summed E-state index contributed by atoms with van der Waals surface area (Å²) in [6.07, 6.45) is 2.02. The molecule has 0 aliphatic rings. The van der Waals surface area contributed by atoms with E-state index in [0.717, 1.165) is 36.3 Å². The minimum absolute atomic E-state index is 0. The van der Waals surface area contributed by atoms with Gasteiger partial charge in [0.05, 0.1) is 11.4 Å². The maximum Gasteiger partial charge on any atom is 0.123 e. The van der Waals surface area contributed by atoms with E-state index in [-0.39, 0.29) is 36.1 Å². The third kappa shape index (κ3) is 6.01. The van der Waals surface area contributed by atoms with Gasteiger partial charge in [-0.3, -0.25) is 4.68 Å². The highest BCUT2D eigenvalue weighted by Gasteiger charge is 2.07. The van der Waals surface area contributed by atoms with Crippen LogP contribution in [0.5, 0.6) is 0 Å². The molecular formula is C14H22Cl2FN3O. The Morgan fingerprint density at radius 2 is 1.81 bits per heavy atom. The highest BCUT2D eigenvalue weighted by Crippen LogP contribution is 2.20. The third-order valence-corrected chi connectivity index (χ3v) is 2.93. The first kappa shape index (κ1) is 22.1. The molecule has 0 fully saturated rings. The van der Waals surface area contributed by atoms with Crippen LogP contribution in [-0.2, 0) is 13.5 Å². The number of hydrogen-bond acceptors (Lipinski definition) is 2. The first-order chi connectivity index (χ1) is 8.70. The molecule has 7 heteroatoms. The van der Waals surface area contributed by atoms with Crippen molar-refractivity contribution in [3.63, 3.8) is 0 Å². The molecule has 2 aromatic rings. The van der Waals surface area contributed by atoms with Gasteiger partial charge in [-0.05, 0) is 62.3 Å². The Morgan fingerprint density at radius 3 is 2.38 bits per heavy atom. The van der Waals surface area contributed by atoms with E-state index in [9.17, 15) is 4.39 Å². The SMILES string of the molecule is CNCCCc1cc(-c2ccc(F)cc2)n(C)n1.Cl.Cl.O. The number of benzene rings is 1. The topological polar surface area (TPSA) is 61.4 Å². The molecule has 21 heavy (non-hydrogen) atoms. The maximum atomic E-state index is 12.9. The molecule has 1 aromatic heterocycles. The fourth-order valence-electron chi connectivity index (χ4n) is 1.99. The second kappa shape index (κ2) is 10.6. The van der Waals surface area contributed by atoms with E-state index in [1.165, 1.54) is 12.1 Å². The molecule has 1 aromatic carbocycles. The zero-order chi connectivity index (χ0) is 13.0. The molecule has 0 amide bonds. The highest BCUT2D eigenvalue weighted by atomic mass is 35.5. The second-order valence-corrected chi connectivity index (χ2v) is 4.36. The number of aryl methyl sites for hydroxylation is 2. The van der Waals surface area contributed by atoms with Crippen molar-refractivity contribution >= 4 is 24.8 Å². The molecule has 0 atom stereocenters. The summed E-state index contributed by atoms with van der Waals surface area (Å²) in [4.78, 5) is 0. The van der Waals surface area contributed by atoms with Gasteiger partial charge < -0.3 is 10.8 Å². The second-order valence-electron chi connectivity index (χ2n) is 4.36. The van der Waals surface area contributed by atoms with E-state index in [0.29, 0.717) is 0 Å². The van der Waals surface area contributed by atoms with Crippen molar-refractivity contribution in [1.29, 1.82) is 0 Å². The van der Waals surface area contributed by atoms with Crippen LogP contribution < -0.4 is 5.32 Å². The molecule has 4 nitrogen and oxygen atoms in total. The van der Waals surface area contributed by atoms with Gasteiger partial charge in [-0.25, -0.2) is 4.39 Å². The Kier molecular flexibility index (Phi) is 11.1. The number of aromatic nitrogens is 2. The monoisotopic (exact) mass is 337 g/mol. The van der Waals surface area contributed by atoms with Crippen LogP contribution in [-0.4, -0.2) is 28.8 Å². The average Bonchev–Trinajstić information content (AvgIpc) is 2.72. The van der Waals surface area contributed by atoms with Crippen molar-refractivity contribution < 1.29 is 9.87 Å². The average molecular weight is 338 g/mol. The van der Waals surface area contributed by atoms with Crippen molar-refractivity contribution in [3.05, 3.63) is 41.8 Å². The molecule has 0 saturated carbocycles. The van der Waals surface area contributed by atoms with E-state index in [1.807, 2.05) is 18.8 Å². The molecule has 0 aliphatic carbocycles. The molecule has 0 unspecified atom stereocenters. The van der Waals surface area contributed by atoms with Crippen LogP contribution in [0.1, 0.15) is 12.1 Å². The van der Waals surface area contributed by atoms with Crippen molar-refractivity contribution in [3.8, 4) is 11.3 Å². The zero-order valence-corrected chi connectivity index (χ0v) is 13.7. The van der Waals surface area contributed by atoms with Gasteiger partial charge in [0, 0.05) is 7.05 Å². The van der Waals surface area contributed by atoms with Crippen molar-refractivity contribution in [2.45, 2.75) is 12.8 Å². The first-order valence-corrected chi connectivity index (χ1v) is 6.14. The van der Waals surface area contributed by atoms with Crippen molar-refractivity contribution in [2.24, 2.45) is 7.05 Å². The lowest BCUT2D eigenvalue weighted by Crippen LogP contribution is -2.08. The summed E-state index contributed by atoms with van der Waals surface area (Å²) >= 11 is 0. The predicted octanol–water partition coefficient (Wildman–Crippen LogP) is 2.40. The predicted molar refractivity (Wildman–Crippen MR) is 89.0 cm³/mol. The lowest BCUT2D eigenvalue weighted by Gasteiger charge is -2.00. The number of nitrogens with zero attached hydrogens (tertiary/aromatic N) is 2. The lowest BCUT2D eigenvalue weighted by atomic mass is 10.1. The Balaban J connectivity index is 0. The van der Waals surface area contributed by atoms with E-state index >= 15 is 0 Å². The molecule has 0 saturated heterocycles. The van der Waals surface area contributed by atoms with E-state index in [2.05, 4.69) is 16.5 Å². The molecule has 0 aliphatic heterocycles. The van der Waals surface area contributed by atoms with Crippen LogP contribution in [0.2, 0.25) is 0 Å². The van der Waals surface area contributed by atoms with Crippen LogP contribution >= 0.6 is 24.8 Å². The van der Waals surface area contributed by atoms with Crippen LogP contribution in [0, 0.1) is 5.82 Å². The summed E-state index contributed by atoms with van der Waals surface area (Å²) in [6.45, 7) is 0.989. The molecule has 120 valence electrons. The molecule has 0 bridgehead atoms. The minimum Gasteiger partial charge on any atom is -0.412 e. The van der Waals surface area contributed by atoms with Gasteiger partial charge in [-0.15, -0.1) is 24.8 Å². The normalized spacial score (nSPS) is 9.29. The summed E-state index contributed by atoms with van der Waals surface area (Å²) in [6, 6.07) is 8.59. The quantitative estimate of drug-likeness (QED) is 0.851. The Labute approximate surface area is 136 Å². The molecular weight excluding hydrogens is 316 g/mol. The largest absolute Gasteiger partial charge is 0.412 e. The van der Waals surface area contributed by atoms with Gasteiger partial charge >= 0.3 is 0 Å². The van der Waals surface area contributed by atoms with Crippen LogP contribution in [0.4, 0.5) is 4.39 Å². The third-order valence-electron chi connectivity index (χ3n) is 2.93. The zero-order valence-electron chi connectivity index (χ0n) is 12.1. The maximum absolute atomic E-state index is 12.9. The van der Waals surface area contributed by atoms with E-state index < -0.39 is 0 Å². The van der Waals surface area contributed by atoms with Crippen LogP contribution in [0.15, 0.2) is 30.3 Å². The van der Waals surface area contributed by atoms with Gasteiger partial charge in [0.15, 0.2) is 0 Å². The smallest absolute Gasteiger partial charge is 0.123 e. The molecule has 1 heterocycles. The summed E-state index contributed by atoms with van der Waals surface area (Å²) < 4.78 is 14.7. The number of nitrogens with one attached hydrogen (secondary N) is 1. The van der Waals surface area contributed by atoms with Gasteiger partial charge in [-0.1, -0.05) is 0 Å². The Bertz CT molecular complexity index is 517. The molecule has 0 radical (unpaired) electrons. The summed E-state index contributed by atoms with van der Waals surface area (Å²) in [7, 11) is 3.86. The Hall–Kier alpha value is -1.14. The van der Waals surface area contributed by atoms with Crippen molar-refractivity contribution in [1.82, 2.24) is 15.1 Å². The lowest BCUT2D eigenvalue weighted by molar-refractivity contribution is 0.628. The van der Waals surface area contributed by atoms with E-state index in [4.69, 9.17) is 0 Å². The number of halogens is 3. The fraction of sp³-hybridized carbons (Fsp3) is 0.357. The fourth-order valence-corrected chi connectivity index (χ4v) is 1.99.